The number of piperidine rings is 1. The van der Waals surface area contributed by atoms with Crippen molar-refractivity contribution in [1.82, 2.24) is 14.9 Å². The Hall–Kier alpha value is -1.82. The number of amides is 1. The van der Waals surface area contributed by atoms with Gasteiger partial charge in [0.2, 0.25) is 5.91 Å². The van der Waals surface area contributed by atoms with Crippen LogP contribution in [0.15, 0.2) is 36.8 Å². The highest BCUT2D eigenvalue weighted by molar-refractivity contribution is 6.42. The number of benzene rings is 1. The van der Waals surface area contributed by atoms with Crippen LogP contribution >= 0.6 is 23.2 Å². The van der Waals surface area contributed by atoms with Crippen LogP contribution in [0.1, 0.15) is 24.1 Å². The molecule has 2 heterocycles. The molecule has 0 bridgehead atoms. The summed E-state index contributed by atoms with van der Waals surface area (Å²) in [6, 6.07) is 5.28. The van der Waals surface area contributed by atoms with E-state index in [4.69, 9.17) is 27.9 Å². The number of aromatic amines is 1. The maximum atomic E-state index is 12.3. The van der Waals surface area contributed by atoms with Crippen LogP contribution in [-0.4, -0.2) is 40.0 Å². The number of halogens is 2. The molecule has 5 nitrogen and oxygen atoms in total. The van der Waals surface area contributed by atoms with Gasteiger partial charge >= 0.3 is 0 Å². The van der Waals surface area contributed by atoms with Gasteiger partial charge in [0.05, 0.1) is 34.8 Å². The summed E-state index contributed by atoms with van der Waals surface area (Å²) < 4.78 is 5.84. The molecule has 1 N–H and O–H groups in total. The molecule has 1 fully saturated rings. The number of nitrogens with zero attached hydrogens (tertiary/aromatic N) is 2. The molecule has 0 aliphatic carbocycles. The molecule has 0 radical (unpaired) electrons. The Bertz CT molecular complexity index is 739. The van der Waals surface area contributed by atoms with E-state index >= 15 is 0 Å². The third kappa shape index (κ3) is 5.08. The number of carbonyl (C=O) groups is 1. The van der Waals surface area contributed by atoms with Gasteiger partial charge in [-0.25, -0.2) is 4.98 Å². The van der Waals surface area contributed by atoms with Gasteiger partial charge in [-0.15, -0.1) is 0 Å². The summed E-state index contributed by atoms with van der Waals surface area (Å²) in [5, 5.41) is 0.980. The third-order valence-corrected chi connectivity index (χ3v) is 4.88. The first-order valence-electron chi connectivity index (χ1n) is 8.13. The molecule has 0 atom stereocenters. The maximum absolute atomic E-state index is 12.3. The number of carbonyl (C=O) groups excluding carboxylic acids is 1. The van der Waals surface area contributed by atoms with Gasteiger partial charge in [-0.3, -0.25) is 4.79 Å². The lowest BCUT2D eigenvalue weighted by Gasteiger charge is -2.31. The molecule has 2 aromatic rings. The van der Waals surface area contributed by atoms with Gasteiger partial charge in [0.1, 0.15) is 0 Å². The molecule has 1 aromatic heterocycles. The van der Waals surface area contributed by atoms with Crippen LogP contribution < -0.4 is 0 Å². The highest BCUT2D eigenvalue weighted by Gasteiger charge is 2.22. The zero-order chi connectivity index (χ0) is 17.6. The number of aromatic nitrogens is 2. The van der Waals surface area contributed by atoms with Crippen molar-refractivity contribution in [2.75, 3.05) is 13.1 Å². The number of nitrogens with one attached hydrogen (secondary N) is 1. The van der Waals surface area contributed by atoms with Gasteiger partial charge in [0, 0.05) is 25.4 Å². The Kier molecular flexibility index (Phi) is 6.13. The first kappa shape index (κ1) is 18.0. The lowest BCUT2D eigenvalue weighted by Crippen LogP contribution is -2.40. The second kappa shape index (κ2) is 8.52. The molecule has 0 spiro atoms. The minimum Gasteiger partial charge on any atom is -0.372 e. The number of ether oxygens (including phenoxy) is 1. The Labute approximate surface area is 156 Å². The van der Waals surface area contributed by atoms with Crippen molar-refractivity contribution in [3.8, 4) is 0 Å². The SMILES string of the molecule is O=C(/C=C/c1ccc(Cl)c(Cl)c1)N1CCC(OCc2c[nH]cn2)CC1. The van der Waals surface area contributed by atoms with Crippen LogP contribution in [0.2, 0.25) is 10.0 Å². The molecule has 0 unspecified atom stereocenters. The highest BCUT2D eigenvalue weighted by atomic mass is 35.5. The van der Waals surface area contributed by atoms with E-state index in [1.165, 1.54) is 0 Å². The normalized spacial score (nSPS) is 15.8. The molecular weight excluding hydrogens is 361 g/mol. The van der Waals surface area contributed by atoms with Crippen LogP contribution in [0.5, 0.6) is 0 Å². The van der Waals surface area contributed by atoms with Gasteiger partial charge in [-0.1, -0.05) is 29.3 Å². The molecular formula is C18H19Cl2N3O2. The van der Waals surface area contributed by atoms with E-state index in [0.29, 0.717) is 29.7 Å². The maximum Gasteiger partial charge on any atom is 0.246 e. The fraction of sp³-hybridized carbons (Fsp3) is 0.333. The molecule has 1 saturated heterocycles. The van der Waals surface area contributed by atoms with Crippen LogP contribution in [0.25, 0.3) is 6.08 Å². The zero-order valence-electron chi connectivity index (χ0n) is 13.6. The summed E-state index contributed by atoms with van der Waals surface area (Å²) in [7, 11) is 0. The molecule has 7 heteroatoms. The van der Waals surface area contributed by atoms with Crippen molar-refractivity contribution >= 4 is 35.2 Å². The molecule has 1 aliphatic heterocycles. The smallest absolute Gasteiger partial charge is 0.246 e. The van der Waals surface area contributed by atoms with Gasteiger partial charge < -0.3 is 14.6 Å². The first-order chi connectivity index (χ1) is 12.1. The van der Waals surface area contributed by atoms with Gasteiger partial charge in [0.25, 0.3) is 0 Å². The quantitative estimate of drug-likeness (QED) is 0.800. The Morgan fingerprint density at radius 1 is 1.32 bits per heavy atom. The largest absolute Gasteiger partial charge is 0.372 e. The van der Waals surface area contributed by atoms with Crippen molar-refractivity contribution in [2.45, 2.75) is 25.6 Å². The fourth-order valence-electron chi connectivity index (χ4n) is 2.70. The standard InChI is InChI=1S/C18H19Cl2N3O2/c19-16-3-1-13(9-17(16)20)2-4-18(24)23-7-5-15(6-8-23)25-11-14-10-21-12-22-14/h1-4,9-10,12,15H,5-8,11H2,(H,21,22)/b4-2+. The van der Waals surface area contributed by atoms with E-state index in [1.807, 2.05) is 17.2 Å². The zero-order valence-corrected chi connectivity index (χ0v) is 15.1. The average Bonchev–Trinajstić information content (AvgIpc) is 3.15. The predicted molar refractivity (Wildman–Crippen MR) is 98.5 cm³/mol. The molecule has 1 aromatic carbocycles. The number of hydrogen-bond donors (Lipinski definition) is 1. The lowest BCUT2D eigenvalue weighted by atomic mass is 10.1. The summed E-state index contributed by atoms with van der Waals surface area (Å²) in [6.45, 7) is 1.88. The summed E-state index contributed by atoms with van der Waals surface area (Å²) in [5.41, 5.74) is 1.74. The topological polar surface area (TPSA) is 58.2 Å². The van der Waals surface area contributed by atoms with Crippen LogP contribution in [0.3, 0.4) is 0 Å². The predicted octanol–water partition coefficient (Wildman–Crippen LogP) is 3.94. The van der Waals surface area contributed by atoms with Crippen molar-refractivity contribution in [3.05, 3.63) is 58.1 Å². The molecule has 25 heavy (non-hydrogen) atoms. The molecule has 132 valence electrons. The Morgan fingerprint density at radius 2 is 2.12 bits per heavy atom. The van der Waals surface area contributed by atoms with E-state index in [1.54, 1.807) is 30.6 Å². The number of imidazole rings is 1. The molecule has 1 aliphatic rings. The molecule has 1 amide bonds. The lowest BCUT2D eigenvalue weighted by molar-refractivity contribution is -0.128. The van der Waals surface area contributed by atoms with Crippen molar-refractivity contribution in [1.29, 1.82) is 0 Å². The summed E-state index contributed by atoms with van der Waals surface area (Å²) in [6.07, 6.45) is 8.62. The number of hydrogen-bond acceptors (Lipinski definition) is 3. The first-order valence-corrected chi connectivity index (χ1v) is 8.89. The highest BCUT2D eigenvalue weighted by Crippen LogP contribution is 2.23. The molecule has 3 rings (SSSR count). The third-order valence-electron chi connectivity index (χ3n) is 4.14. The monoisotopic (exact) mass is 379 g/mol. The summed E-state index contributed by atoms with van der Waals surface area (Å²) >= 11 is 11.9. The van der Waals surface area contributed by atoms with E-state index in [2.05, 4.69) is 9.97 Å². The van der Waals surface area contributed by atoms with Gasteiger partial charge in [-0.2, -0.15) is 0 Å². The second-order valence-corrected chi connectivity index (χ2v) is 6.72. The van der Waals surface area contributed by atoms with E-state index in [9.17, 15) is 4.79 Å². The minimum atomic E-state index is -0.00294. The van der Waals surface area contributed by atoms with Crippen molar-refractivity contribution in [3.63, 3.8) is 0 Å². The van der Waals surface area contributed by atoms with Crippen molar-refractivity contribution < 1.29 is 9.53 Å². The minimum absolute atomic E-state index is 0.00294. The summed E-state index contributed by atoms with van der Waals surface area (Å²) in [4.78, 5) is 21.2. The Balaban J connectivity index is 1.46. The second-order valence-electron chi connectivity index (χ2n) is 5.90. The van der Waals surface area contributed by atoms with E-state index in [-0.39, 0.29) is 12.0 Å². The fourth-order valence-corrected chi connectivity index (χ4v) is 3.01. The Morgan fingerprint density at radius 3 is 2.80 bits per heavy atom. The number of likely N-dealkylation sites (tertiary alicyclic amines) is 1. The van der Waals surface area contributed by atoms with Crippen LogP contribution in [-0.2, 0) is 16.1 Å². The van der Waals surface area contributed by atoms with E-state index in [0.717, 1.165) is 24.1 Å². The molecule has 0 saturated carbocycles. The van der Waals surface area contributed by atoms with Crippen LogP contribution in [0.4, 0.5) is 0 Å². The van der Waals surface area contributed by atoms with Gasteiger partial charge in [0.15, 0.2) is 0 Å². The number of H-pyrrole nitrogens is 1. The number of rotatable bonds is 5. The van der Waals surface area contributed by atoms with Gasteiger partial charge in [-0.05, 0) is 36.6 Å². The van der Waals surface area contributed by atoms with Crippen LogP contribution in [0, 0.1) is 0 Å². The van der Waals surface area contributed by atoms with E-state index < -0.39 is 0 Å². The van der Waals surface area contributed by atoms with Crippen molar-refractivity contribution in [2.24, 2.45) is 0 Å². The summed E-state index contributed by atoms with van der Waals surface area (Å²) in [5.74, 6) is -0.00294. The average molecular weight is 380 g/mol.